The Hall–Kier alpha value is -0.0700. The van der Waals surface area contributed by atoms with Crippen LogP contribution in [0.25, 0.3) is 0 Å². The molecule has 0 bridgehead atoms. The van der Waals surface area contributed by atoms with Gasteiger partial charge in [0.2, 0.25) is 0 Å². The first-order valence-corrected chi connectivity index (χ1v) is 4.58. The van der Waals surface area contributed by atoms with Crippen molar-refractivity contribution in [1.29, 1.82) is 0 Å². The van der Waals surface area contributed by atoms with Gasteiger partial charge in [-0.15, -0.1) is 11.3 Å². The largest absolute Gasteiger partial charge is 0.419 e. The summed E-state index contributed by atoms with van der Waals surface area (Å²) in [7, 11) is 0. The topological polar surface area (TPSA) is 20.2 Å². The van der Waals surface area contributed by atoms with Crippen molar-refractivity contribution in [2.24, 2.45) is 0 Å². The lowest BCUT2D eigenvalue weighted by Gasteiger charge is -2.12. The fourth-order valence-corrected chi connectivity index (χ4v) is 2.25. The van der Waals surface area contributed by atoms with E-state index >= 15 is 0 Å². The zero-order valence-electron chi connectivity index (χ0n) is 5.60. The van der Waals surface area contributed by atoms with Gasteiger partial charge in [0.15, 0.2) is 6.10 Å². The lowest BCUT2D eigenvalue weighted by Crippen LogP contribution is -2.19. The Balaban J connectivity index is 2.92. The Morgan fingerprint density at radius 2 is 2.08 bits per heavy atom. The van der Waals surface area contributed by atoms with E-state index in [1.54, 1.807) is 0 Å². The van der Waals surface area contributed by atoms with Crippen molar-refractivity contribution < 1.29 is 18.3 Å². The highest BCUT2D eigenvalue weighted by atomic mass is 79.9. The SMILES string of the molecule is O[C@H](c1sccc1Br)C(F)(F)F. The quantitative estimate of drug-likeness (QED) is 0.823. The number of halogens is 4. The number of thiophene rings is 1. The molecule has 1 nitrogen and oxygen atoms in total. The van der Waals surface area contributed by atoms with E-state index in [4.69, 9.17) is 5.11 Å². The van der Waals surface area contributed by atoms with E-state index in [0.717, 1.165) is 11.3 Å². The van der Waals surface area contributed by atoms with Crippen LogP contribution in [0.3, 0.4) is 0 Å². The van der Waals surface area contributed by atoms with Gasteiger partial charge in [0, 0.05) is 4.47 Å². The van der Waals surface area contributed by atoms with E-state index in [1.807, 2.05) is 0 Å². The van der Waals surface area contributed by atoms with E-state index < -0.39 is 12.3 Å². The molecule has 0 aromatic carbocycles. The van der Waals surface area contributed by atoms with Crippen molar-refractivity contribution >= 4 is 27.3 Å². The fraction of sp³-hybridized carbons (Fsp3) is 0.333. The third kappa shape index (κ3) is 1.99. The first-order chi connectivity index (χ1) is 5.43. The molecule has 0 saturated heterocycles. The van der Waals surface area contributed by atoms with Gasteiger partial charge in [-0.3, -0.25) is 0 Å². The number of hydrogen-bond donors (Lipinski definition) is 1. The minimum Gasteiger partial charge on any atom is -0.379 e. The van der Waals surface area contributed by atoms with Gasteiger partial charge >= 0.3 is 6.18 Å². The second-order valence-electron chi connectivity index (χ2n) is 2.08. The Labute approximate surface area is 79.0 Å². The number of rotatable bonds is 1. The molecule has 0 radical (unpaired) electrons. The maximum Gasteiger partial charge on any atom is 0.419 e. The van der Waals surface area contributed by atoms with E-state index in [-0.39, 0.29) is 9.35 Å². The molecule has 1 N–H and O–H groups in total. The standard InChI is InChI=1S/C6H4BrF3OS/c7-3-1-2-12-4(3)5(11)6(8,9)10/h1-2,5,11H/t5-/m1/s1. The van der Waals surface area contributed by atoms with Gasteiger partial charge in [0.25, 0.3) is 0 Å². The molecule has 6 heteroatoms. The molecule has 1 heterocycles. The molecular formula is C6H4BrF3OS. The molecule has 0 aliphatic rings. The zero-order chi connectivity index (χ0) is 9.35. The highest BCUT2D eigenvalue weighted by Crippen LogP contribution is 2.38. The molecule has 0 spiro atoms. The third-order valence-electron chi connectivity index (χ3n) is 1.20. The molecule has 0 unspecified atom stereocenters. The van der Waals surface area contributed by atoms with Gasteiger partial charge in [-0.1, -0.05) is 0 Å². The van der Waals surface area contributed by atoms with E-state index in [1.165, 1.54) is 11.4 Å². The number of aliphatic hydroxyl groups is 1. The highest BCUT2D eigenvalue weighted by molar-refractivity contribution is 9.10. The van der Waals surface area contributed by atoms with Gasteiger partial charge in [-0.2, -0.15) is 13.2 Å². The van der Waals surface area contributed by atoms with E-state index in [9.17, 15) is 13.2 Å². The Morgan fingerprint density at radius 1 is 1.50 bits per heavy atom. The third-order valence-corrected chi connectivity index (χ3v) is 3.13. The molecule has 1 rings (SSSR count). The average Bonchev–Trinajstić information content (AvgIpc) is 2.31. The normalized spacial score (nSPS) is 14.8. The maximum absolute atomic E-state index is 11.9. The van der Waals surface area contributed by atoms with E-state index in [0.29, 0.717) is 0 Å². The lowest BCUT2D eigenvalue weighted by molar-refractivity contribution is -0.205. The summed E-state index contributed by atoms with van der Waals surface area (Å²) in [5, 5.41) is 10.3. The molecule has 0 amide bonds. The molecule has 0 saturated carbocycles. The minimum absolute atomic E-state index is 0.109. The van der Waals surface area contributed by atoms with Crippen LogP contribution in [-0.4, -0.2) is 11.3 Å². The summed E-state index contributed by atoms with van der Waals surface area (Å²) >= 11 is 3.78. The molecule has 0 fully saturated rings. The summed E-state index contributed by atoms with van der Waals surface area (Å²) in [4.78, 5) is -0.109. The summed E-state index contributed by atoms with van der Waals surface area (Å²) in [5.74, 6) is 0. The van der Waals surface area contributed by atoms with Crippen LogP contribution in [-0.2, 0) is 0 Å². The molecule has 1 aromatic rings. The molecule has 1 atom stereocenters. The van der Waals surface area contributed by atoms with Crippen molar-refractivity contribution in [3.8, 4) is 0 Å². The molecule has 0 aliphatic heterocycles. The Morgan fingerprint density at radius 3 is 2.42 bits per heavy atom. The average molecular weight is 261 g/mol. The summed E-state index contributed by atoms with van der Waals surface area (Å²) in [5.41, 5.74) is 0. The lowest BCUT2D eigenvalue weighted by atomic mass is 10.3. The van der Waals surface area contributed by atoms with Gasteiger partial charge < -0.3 is 5.11 Å². The summed E-state index contributed by atoms with van der Waals surface area (Å²) in [6, 6.07) is 1.47. The van der Waals surface area contributed by atoms with Crippen LogP contribution in [0, 0.1) is 0 Å². The zero-order valence-corrected chi connectivity index (χ0v) is 8.00. The first-order valence-electron chi connectivity index (χ1n) is 2.90. The van der Waals surface area contributed by atoms with Crippen molar-refractivity contribution in [2.75, 3.05) is 0 Å². The van der Waals surface area contributed by atoms with Gasteiger partial charge in [-0.05, 0) is 27.4 Å². The smallest absolute Gasteiger partial charge is 0.379 e. The molecule has 0 aliphatic carbocycles. The molecular weight excluding hydrogens is 257 g/mol. The monoisotopic (exact) mass is 260 g/mol. The van der Waals surface area contributed by atoms with Crippen molar-refractivity contribution in [2.45, 2.75) is 12.3 Å². The van der Waals surface area contributed by atoms with Crippen LogP contribution in [0.4, 0.5) is 13.2 Å². The van der Waals surface area contributed by atoms with Crippen LogP contribution in [0.5, 0.6) is 0 Å². The van der Waals surface area contributed by atoms with Crippen molar-refractivity contribution in [1.82, 2.24) is 0 Å². The molecule has 68 valence electrons. The maximum atomic E-state index is 11.9. The Kier molecular flexibility index (Phi) is 2.80. The fourth-order valence-electron chi connectivity index (χ4n) is 0.649. The van der Waals surface area contributed by atoms with Crippen molar-refractivity contribution in [3.05, 3.63) is 20.8 Å². The van der Waals surface area contributed by atoms with Crippen LogP contribution < -0.4 is 0 Å². The van der Waals surface area contributed by atoms with Gasteiger partial charge in [-0.25, -0.2) is 0 Å². The van der Waals surface area contributed by atoms with Gasteiger partial charge in [0.1, 0.15) is 0 Å². The second-order valence-corrected chi connectivity index (χ2v) is 3.88. The number of alkyl halides is 3. The van der Waals surface area contributed by atoms with Crippen molar-refractivity contribution in [3.63, 3.8) is 0 Å². The van der Waals surface area contributed by atoms with Crippen LogP contribution >= 0.6 is 27.3 Å². The van der Waals surface area contributed by atoms with Crippen LogP contribution in [0.1, 0.15) is 11.0 Å². The first kappa shape index (κ1) is 10.0. The highest BCUT2D eigenvalue weighted by Gasteiger charge is 2.40. The number of hydrogen-bond acceptors (Lipinski definition) is 2. The predicted octanol–water partition coefficient (Wildman–Crippen LogP) is 3.11. The minimum atomic E-state index is -4.59. The van der Waals surface area contributed by atoms with Gasteiger partial charge in [0.05, 0.1) is 4.88 Å². The Bertz CT molecular complexity index is 270. The van der Waals surface area contributed by atoms with Crippen LogP contribution in [0.2, 0.25) is 0 Å². The molecule has 12 heavy (non-hydrogen) atoms. The number of aliphatic hydroxyl groups excluding tert-OH is 1. The predicted molar refractivity (Wildman–Crippen MR) is 43.0 cm³/mol. The molecule has 1 aromatic heterocycles. The second kappa shape index (κ2) is 3.35. The summed E-state index contributed by atoms with van der Waals surface area (Å²) < 4.78 is 36.1. The van der Waals surface area contributed by atoms with E-state index in [2.05, 4.69) is 15.9 Å². The summed E-state index contributed by atoms with van der Waals surface area (Å²) in [6.07, 6.45) is -6.97. The summed E-state index contributed by atoms with van der Waals surface area (Å²) in [6.45, 7) is 0. The van der Waals surface area contributed by atoms with Crippen LogP contribution in [0.15, 0.2) is 15.9 Å².